The number of hydrogen-bond donors (Lipinski definition) is 1. The quantitative estimate of drug-likeness (QED) is 0.892. The second-order valence-electron chi connectivity index (χ2n) is 5.83. The SMILES string of the molecule is CCCN1C=CC2c3ccccc3N3NC(=O)CC1C23. The predicted molar refractivity (Wildman–Crippen MR) is 78.1 cm³/mol. The molecule has 1 saturated heterocycles. The molecule has 20 heavy (non-hydrogen) atoms. The van der Waals surface area contributed by atoms with Gasteiger partial charge in [-0.15, -0.1) is 0 Å². The molecule has 1 aromatic rings. The first-order chi connectivity index (χ1) is 9.79. The van der Waals surface area contributed by atoms with Gasteiger partial charge in [0.1, 0.15) is 0 Å². The van der Waals surface area contributed by atoms with Crippen molar-refractivity contribution in [3.8, 4) is 0 Å². The molecule has 1 aromatic carbocycles. The third-order valence-corrected chi connectivity index (χ3v) is 4.65. The van der Waals surface area contributed by atoms with Crippen molar-refractivity contribution in [2.45, 2.75) is 37.8 Å². The first-order valence-electron chi connectivity index (χ1n) is 7.41. The fourth-order valence-electron chi connectivity index (χ4n) is 3.87. The number of fused-ring (bicyclic) bond motifs is 3. The second-order valence-corrected chi connectivity index (χ2v) is 5.83. The van der Waals surface area contributed by atoms with Crippen molar-refractivity contribution >= 4 is 11.6 Å². The fourth-order valence-corrected chi connectivity index (χ4v) is 3.87. The number of anilines is 1. The van der Waals surface area contributed by atoms with E-state index in [0.717, 1.165) is 18.7 Å². The Bertz CT molecular complexity index is 583. The molecular weight excluding hydrogens is 250 g/mol. The summed E-state index contributed by atoms with van der Waals surface area (Å²) in [6, 6.07) is 9.03. The fraction of sp³-hybridized carbons (Fsp3) is 0.438. The molecule has 1 fully saturated rings. The van der Waals surface area contributed by atoms with Gasteiger partial charge in [0.25, 0.3) is 0 Å². The molecule has 0 spiro atoms. The Labute approximate surface area is 119 Å². The van der Waals surface area contributed by atoms with Crippen LogP contribution in [0.4, 0.5) is 5.69 Å². The van der Waals surface area contributed by atoms with Gasteiger partial charge < -0.3 is 4.90 Å². The van der Waals surface area contributed by atoms with Crippen LogP contribution in [0.2, 0.25) is 0 Å². The summed E-state index contributed by atoms with van der Waals surface area (Å²) in [6.07, 6.45) is 6.20. The smallest absolute Gasteiger partial charge is 0.240 e. The first-order valence-corrected chi connectivity index (χ1v) is 7.41. The van der Waals surface area contributed by atoms with Gasteiger partial charge in [-0.3, -0.25) is 15.2 Å². The number of hydrogen-bond acceptors (Lipinski definition) is 3. The number of carbonyl (C=O) groups is 1. The van der Waals surface area contributed by atoms with Crippen LogP contribution in [-0.4, -0.2) is 29.4 Å². The summed E-state index contributed by atoms with van der Waals surface area (Å²) >= 11 is 0. The van der Waals surface area contributed by atoms with Gasteiger partial charge in [0.15, 0.2) is 0 Å². The van der Waals surface area contributed by atoms with E-state index in [-0.39, 0.29) is 11.9 Å². The van der Waals surface area contributed by atoms with E-state index in [9.17, 15) is 4.79 Å². The maximum atomic E-state index is 12.1. The van der Waals surface area contributed by atoms with E-state index in [2.05, 4.69) is 52.7 Å². The van der Waals surface area contributed by atoms with Crippen LogP contribution in [0, 0.1) is 0 Å². The van der Waals surface area contributed by atoms with Gasteiger partial charge in [0, 0.05) is 12.5 Å². The van der Waals surface area contributed by atoms with Gasteiger partial charge in [-0.25, -0.2) is 0 Å². The monoisotopic (exact) mass is 269 g/mol. The Morgan fingerprint density at radius 1 is 1.35 bits per heavy atom. The molecule has 0 aliphatic carbocycles. The summed E-state index contributed by atoms with van der Waals surface area (Å²) in [6.45, 7) is 3.20. The molecule has 104 valence electrons. The highest BCUT2D eigenvalue weighted by atomic mass is 16.2. The number of rotatable bonds is 2. The minimum absolute atomic E-state index is 0.123. The Hall–Kier alpha value is -1.97. The minimum Gasteiger partial charge on any atom is -0.372 e. The standard InChI is InChI=1S/C16H19N3O/c1-2-8-18-9-7-12-11-5-3-4-6-13(11)19-16(12)14(18)10-15(20)17-19/h3-7,9,12,14,16H,2,8,10H2,1H3,(H,17,20). The molecule has 0 bridgehead atoms. The number of hydrazine groups is 1. The van der Waals surface area contributed by atoms with Crippen LogP contribution in [-0.2, 0) is 4.79 Å². The largest absolute Gasteiger partial charge is 0.372 e. The molecule has 3 aliphatic rings. The number of nitrogens with one attached hydrogen (secondary N) is 1. The molecular formula is C16H19N3O. The molecule has 1 amide bonds. The zero-order valence-corrected chi connectivity index (χ0v) is 11.6. The third kappa shape index (κ3) is 1.51. The second kappa shape index (κ2) is 4.27. The summed E-state index contributed by atoms with van der Waals surface area (Å²) in [5.74, 6) is 0.517. The lowest BCUT2D eigenvalue weighted by atomic mass is 9.85. The lowest BCUT2D eigenvalue weighted by Crippen LogP contribution is -2.63. The molecule has 1 N–H and O–H groups in total. The van der Waals surface area contributed by atoms with Gasteiger partial charge in [0.2, 0.25) is 5.91 Å². The third-order valence-electron chi connectivity index (χ3n) is 4.65. The van der Waals surface area contributed by atoms with Crippen molar-refractivity contribution in [3.63, 3.8) is 0 Å². The van der Waals surface area contributed by atoms with Gasteiger partial charge in [0.05, 0.1) is 24.2 Å². The molecule has 4 nitrogen and oxygen atoms in total. The van der Waals surface area contributed by atoms with Crippen molar-refractivity contribution < 1.29 is 4.79 Å². The number of amides is 1. The predicted octanol–water partition coefficient (Wildman–Crippen LogP) is 2.00. The van der Waals surface area contributed by atoms with Crippen molar-refractivity contribution in [2.24, 2.45) is 0 Å². The highest BCUT2D eigenvalue weighted by Crippen LogP contribution is 2.46. The molecule has 3 unspecified atom stereocenters. The molecule has 4 heteroatoms. The van der Waals surface area contributed by atoms with E-state index in [0.29, 0.717) is 18.4 Å². The summed E-state index contributed by atoms with van der Waals surface area (Å²) in [5.41, 5.74) is 5.55. The van der Waals surface area contributed by atoms with Crippen LogP contribution in [0.5, 0.6) is 0 Å². The normalized spacial score (nSPS) is 30.1. The van der Waals surface area contributed by atoms with E-state index >= 15 is 0 Å². The van der Waals surface area contributed by atoms with Crippen LogP contribution >= 0.6 is 0 Å². The zero-order chi connectivity index (χ0) is 13.7. The molecule has 3 atom stereocenters. The van der Waals surface area contributed by atoms with E-state index < -0.39 is 0 Å². The van der Waals surface area contributed by atoms with E-state index in [1.54, 1.807) is 0 Å². The maximum absolute atomic E-state index is 12.1. The number of carbonyl (C=O) groups excluding carboxylic acids is 1. The summed E-state index contributed by atoms with van der Waals surface area (Å²) in [7, 11) is 0. The highest BCUT2D eigenvalue weighted by molar-refractivity contribution is 5.83. The number of nitrogens with zero attached hydrogens (tertiary/aromatic N) is 2. The highest BCUT2D eigenvalue weighted by Gasteiger charge is 2.49. The topological polar surface area (TPSA) is 35.6 Å². The molecule has 3 heterocycles. The lowest BCUT2D eigenvalue weighted by Gasteiger charge is -2.47. The summed E-state index contributed by atoms with van der Waals surface area (Å²) < 4.78 is 0. The van der Waals surface area contributed by atoms with E-state index in [4.69, 9.17) is 0 Å². The van der Waals surface area contributed by atoms with Crippen LogP contribution in [0.25, 0.3) is 0 Å². The first kappa shape index (κ1) is 11.8. The van der Waals surface area contributed by atoms with Crippen LogP contribution in [0.15, 0.2) is 36.5 Å². The van der Waals surface area contributed by atoms with E-state index in [1.807, 2.05) is 6.07 Å². The van der Waals surface area contributed by atoms with Crippen LogP contribution in [0.1, 0.15) is 31.2 Å². The number of benzene rings is 1. The van der Waals surface area contributed by atoms with Crippen LogP contribution < -0.4 is 10.4 Å². The Balaban J connectivity index is 1.80. The molecule has 3 aliphatic heterocycles. The van der Waals surface area contributed by atoms with E-state index in [1.165, 1.54) is 5.56 Å². The van der Waals surface area contributed by atoms with Crippen LogP contribution in [0.3, 0.4) is 0 Å². The molecule has 4 rings (SSSR count). The Kier molecular flexibility index (Phi) is 2.52. The van der Waals surface area contributed by atoms with Gasteiger partial charge in [-0.05, 0) is 24.3 Å². The number of para-hydroxylation sites is 1. The van der Waals surface area contributed by atoms with Crippen molar-refractivity contribution in [2.75, 3.05) is 11.6 Å². The molecule has 0 saturated carbocycles. The maximum Gasteiger partial charge on any atom is 0.240 e. The Morgan fingerprint density at radius 3 is 3.05 bits per heavy atom. The van der Waals surface area contributed by atoms with Crippen molar-refractivity contribution in [1.29, 1.82) is 0 Å². The zero-order valence-electron chi connectivity index (χ0n) is 11.6. The van der Waals surface area contributed by atoms with Crippen molar-refractivity contribution in [3.05, 3.63) is 42.1 Å². The molecule has 0 radical (unpaired) electrons. The molecule has 0 aromatic heterocycles. The summed E-state index contributed by atoms with van der Waals surface area (Å²) in [4.78, 5) is 14.4. The lowest BCUT2D eigenvalue weighted by molar-refractivity contribution is -0.124. The minimum atomic E-state index is 0.123. The van der Waals surface area contributed by atoms with Gasteiger partial charge in [-0.2, -0.15) is 0 Å². The Morgan fingerprint density at radius 2 is 2.20 bits per heavy atom. The van der Waals surface area contributed by atoms with Gasteiger partial charge >= 0.3 is 0 Å². The summed E-state index contributed by atoms with van der Waals surface area (Å²) in [5, 5.41) is 2.10. The average Bonchev–Trinajstić information content (AvgIpc) is 2.78. The van der Waals surface area contributed by atoms with Gasteiger partial charge in [-0.1, -0.05) is 31.2 Å². The average molecular weight is 269 g/mol. The van der Waals surface area contributed by atoms with Crippen molar-refractivity contribution in [1.82, 2.24) is 10.3 Å².